The minimum Gasteiger partial charge on any atom is -0.299 e. The van der Waals surface area contributed by atoms with E-state index < -0.39 is 0 Å². The Morgan fingerprint density at radius 1 is 1.00 bits per heavy atom. The van der Waals surface area contributed by atoms with Crippen molar-refractivity contribution in [2.24, 2.45) is 28.6 Å². The number of ketones is 2. The van der Waals surface area contributed by atoms with E-state index in [1.54, 1.807) is 0 Å². The fraction of sp³-hybridized carbons (Fsp3) is 0.842. The van der Waals surface area contributed by atoms with Crippen LogP contribution in [0.5, 0.6) is 0 Å². The maximum atomic E-state index is 12.5. The van der Waals surface area contributed by atoms with Crippen LogP contribution in [0.3, 0.4) is 0 Å². The minimum absolute atomic E-state index is 0.0608. The van der Waals surface area contributed by atoms with Gasteiger partial charge in [-0.2, -0.15) is 9.59 Å². The quantitative estimate of drug-likeness (QED) is 0.780. The van der Waals surface area contributed by atoms with Crippen LogP contribution < -0.4 is 0 Å². The van der Waals surface area contributed by atoms with E-state index in [0.717, 1.165) is 51.4 Å². The zero-order valence-corrected chi connectivity index (χ0v) is 14.5. The van der Waals surface area contributed by atoms with Gasteiger partial charge in [-0.05, 0) is 49.9 Å². The van der Waals surface area contributed by atoms with Crippen molar-refractivity contribution in [3.05, 3.63) is 0 Å². The molecule has 0 aromatic rings. The number of hydrogen-bond acceptors (Lipinski definition) is 4. The zero-order chi connectivity index (χ0) is 17.3. The molecule has 0 heterocycles. The second-order valence-corrected chi connectivity index (χ2v) is 8.01. The van der Waals surface area contributed by atoms with Crippen molar-refractivity contribution in [3.63, 3.8) is 0 Å². The molecule has 23 heavy (non-hydrogen) atoms. The van der Waals surface area contributed by atoms with E-state index in [1.165, 1.54) is 0 Å². The van der Waals surface area contributed by atoms with Crippen molar-refractivity contribution in [1.29, 1.82) is 0 Å². The lowest BCUT2D eigenvalue weighted by Gasteiger charge is -2.54. The lowest BCUT2D eigenvalue weighted by molar-refractivity contribution is -0.191. The molecule has 4 nitrogen and oxygen atoms in total. The number of rotatable bonds is 2. The van der Waals surface area contributed by atoms with Gasteiger partial charge in [0.1, 0.15) is 11.6 Å². The van der Waals surface area contributed by atoms with E-state index in [4.69, 9.17) is 9.59 Å². The second-order valence-electron chi connectivity index (χ2n) is 8.01. The average Bonchev–Trinajstić information content (AvgIpc) is 2.80. The Morgan fingerprint density at radius 2 is 1.61 bits per heavy atom. The van der Waals surface area contributed by atoms with Gasteiger partial charge in [0.15, 0.2) is 0 Å². The Morgan fingerprint density at radius 3 is 2.22 bits per heavy atom. The fourth-order valence-corrected chi connectivity index (χ4v) is 5.89. The van der Waals surface area contributed by atoms with Gasteiger partial charge in [0, 0.05) is 23.7 Å². The normalized spacial score (nSPS) is 42.1. The van der Waals surface area contributed by atoms with Crippen LogP contribution in [0.1, 0.15) is 72.1 Å². The van der Waals surface area contributed by atoms with E-state index >= 15 is 0 Å². The lowest BCUT2D eigenvalue weighted by atomic mass is 9.49. The highest BCUT2D eigenvalue weighted by molar-refractivity contribution is 5.88. The van der Waals surface area contributed by atoms with E-state index in [0.29, 0.717) is 29.3 Å². The average molecular weight is 320 g/mol. The van der Waals surface area contributed by atoms with Crippen molar-refractivity contribution in [3.8, 4) is 0 Å². The van der Waals surface area contributed by atoms with Crippen LogP contribution >= 0.6 is 0 Å². The molecular weight excluding hydrogens is 292 g/mol. The van der Waals surface area contributed by atoms with Crippen molar-refractivity contribution >= 4 is 17.7 Å². The molecule has 0 aliphatic heterocycles. The van der Waals surface area contributed by atoms with Gasteiger partial charge in [-0.1, -0.05) is 27.2 Å². The number of carbonyl (C=O) groups is 2. The maximum Gasteiger partial charge on any atom is 0.373 e. The molecule has 0 bridgehead atoms. The van der Waals surface area contributed by atoms with Gasteiger partial charge in [-0.15, -0.1) is 0 Å². The van der Waals surface area contributed by atoms with Crippen molar-refractivity contribution < 1.29 is 19.2 Å². The van der Waals surface area contributed by atoms with Crippen LogP contribution in [0.15, 0.2) is 0 Å². The Hall–Kier alpha value is -1.28. The molecule has 3 rings (SSSR count). The summed E-state index contributed by atoms with van der Waals surface area (Å²) in [5.74, 6) is 2.70. The SMILES string of the molecule is CCC[C@@]1(C)C(=O)CC[C@@H]2[C@@H]1CC[C@]1(C)C(=O)CC[C@@H]21.O=C=O. The van der Waals surface area contributed by atoms with Gasteiger partial charge in [0.05, 0.1) is 0 Å². The third-order valence-electron chi connectivity index (χ3n) is 7.08. The lowest BCUT2D eigenvalue weighted by Crippen LogP contribution is -2.52. The topological polar surface area (TPSA) is 68.3 Å². The van der Waals surface area contributed by atoms with Crippen molar-refractivity contribution in [2.75, 3.05) is 0 Å². The molecule has 0 radical (unpaired) electrons. The molecule has 128 valence electrons. The summed E-state index contributed by atoms with van der Waals surface area (Å²) in [5, 5.41) is 0. The highest BCUT2D eigenvalue weighted by atomic mass is 16.2. The van der Waals surface area contributed by atoms with E-state index in [2.05, 4.69) is 20.8 Å². The number of hydrogen-bond donors (Lipinski definition) is 0. The molecule has 0 unspecified atom stereocenters. The summed E-state index contributed by atoms with van der Waals surface area (Å²) in [7, 11) is 0. The smallest absolute Gasteiger partial charge is 0.299 e. The Kier molecular flexibility index (Phi) is 5.25. The molecule has 3 fully saturated rings. The minimum atomic E-state index is -0.107. The van der Waals surface area contributed by atoms with Crippen LogP contribution in [0, 0.1) is 28.6 Å². The van der Waals surface area contributed by atoms with Gasteiger partial charge in [0.2, 0.25) is 0 Å². The fourth-order valence-electron chi connectivity index (χ4n) is 5.89. The molecule has 3 aliphatic rings. The van der Waals surface area contributed by atoms with Crippen LogP contribution in [0.2, 0.25) is 0 Å². The first-order valence-corrected chi connectivity index (χ1v) is 8.91. The summed E-state index contributed by atoms with van der Waals surface area (Å²) in [5.41, 5.74) is -0.167. The molecule has 3 saturated carbocycles. The first-order valence-electron chi connectivity index (χ1n) is 8.91. The zero-order valence-electron chi connectivity index (χ0n) is 14.5. The first-order chi connectivity index (χ1) is 10.8. The van der Waals surface area contributed by atoms with Crippen LogP contribution in [-0.4, -0.2) is 17.7 Å². The molecule has 0 amide bonds. The monoisotopic (exact) mass is 320 g/mol. The highest BCUT2D eigenvalue weighted by Gasteiger charge is 2.59. The second kappa shape index (κ2) is 6.68. The molecule has 3 aliphatic carbocycles. The Bertz CT molecular complexity index is 519. The van der Waals surface area contributed by atoms with Crippen LogP contribution in [0.25, 0.3) is 0 Å². The standard InChI is InChI=1S/C18H28O2.CO2/c1-4-10-17(2)14-9-11-18(3)13(6-8-16(18)20)12(14)5-7-15(17)19;2-1-3/h12-14H,4-11H2,1-3H3;/t12-,13-,14-,17+,18-;/m0./s1. The van der Waals surface area contributed by atoms with Gasteiger partial charge in [-0.25, -0.2) is 0 Å². The molecule has 5 atom stereocenters. The molecule has 4 heteroatoms. The first kappa shape index (κ1) is 18.1. The molecule has 0 aromatic carbocycles. The summed E-state index contributed by atoms with van der Waals surface area (Å²) < 4.78 is 0. The summed E-state index contributed by atoms with van der Waals surface area (Å²) in [6, 6.07) is 0. The van der Waals surface area contributed by atoms with Gasteiger partial charge in [0.25, 0.3) is 0 Å². The summed E-state index contributed by atoms with van der Waals surface area (Å²) in [4.78, 5) is 41.1. The number of Topliss-reactive ketones (excluding diaryl/α,β-unsaturated/α-hetero) is 2. The molecule has 0 spiro atoms. The Labute approximate surface area is 138 Å². The van der Waals surface area contributed by atoms with E-state index in [1.807, 2.05) is 0 Å². The summed E-state index contributed by atoms with van der Waals surface area (Å²) in [6.07, 6.45) is 8.12. The third kappa shape index (κ3) is 2.82. The highest BCUT2D eigenvalue weighted by Crippen LogP contribution is 2.61. The largest absolute Gasteiger partial charge is 0.373 e. The predicted octanol–water partition coefficient (Wildman–Crippen LogP) is 3.58. The van der Waals surface area contributed by atoms with Gasteiger partial charge < -0.3 is 0 Å². The number of carbonyl (C=O) groups excluding carboxylic acids is 4. The Balaban J connectivity index is 0.000000595. The van der Waals surface area contributed by atoms with Crippen LogP contribution in [0.4, 0.5) is 0 Å². The van der Waals surface area contributed by atoms with E-state index in [9.17, 15) is 9.59 Å². The maximum absolute atomic E-state index is 12.5. The van der Waals surface area contributed by atoms with Crippen molar-refractivity contribution in [2.45, 2.75) is 72.1 Å². The number of fused-ring (bicyclic) bond motifs is 3. The third-order valence-corrected chi connectivity index (χ3v) is 7.08. The summed E-state index contributed by atoms with van der Waals surface area (Å²) >= 11 is 0. The van der Waals surface area contributed by atoms with Gasteiger partial charge >= 0.3 is 6.15 Å². The van der Waals surface area contributed by atoms with Gasteiger partial charge in [-0.3, -0.25) is 9.59 Å². The van der Waals surface area contributed by atoms with Crippen molar-refractivity contribution in [1.82, 2.24) is 0 Å². The van der Waals surface area contributed by atoms with Crippen LogP contribution in [-0.2, 0) is 19.2 Å². The van der Waals surface area contributed by atoms with E-state index in [-0.39, 0.29) is 17.0 Å². The predicted molar refractivity (Wildman–Crippen MR) is 84.3 cm³/mol. The molecule has 0 N–H and O–H groups in total. The molecule has 0 aromatic heterocycles. The molecule has 0 saturated heterocycles. The summed E-state index contributed by atoms with van der Waals surface area (Å²) in [6.45, 7) is 6.61. The molecular formula is C19H28O4.